The van der Waals surface area contributed by atoms with Crippen molar-refractivity contribution < 1.29 is 14.1 Å². The third kappa shape index (κ3) is 4.24. The van der Waals surface area contributed by atoms with Gasteiger partial charge in [-0.25, -0.2) is 0 Å². The van der Waals surface area contributed by atoms with Crippen molar-refractivity contribution in [2.24, 2.45) is 0 Å². The molecule has 1 amide bonds. The minimum atomic E-state index is -0.123. The number of fused-ring (bicyclic) bond motifs is 1. The maximum Gasteiger partial charge on any atom is 0.227 e. The lowest BCUT2D eigenvalue weighted by Gasteiger charge is -2.08. The highest BCUT2D eigenvalue weighted by Crippen LogP contribution is 2.23. The highest BCUT2D eigenvalue weighted by atomic mass is 16.5. The molecule has 0 fully saturated rings. The fourth-order valence-corrected chi connectivity index (χ4v) is 3.01. The molecule has 0 aliphatic carbocycles. The quantitative estimate of drug-likeness (QED) is 0.533. The van der Waals surface area contributed by atoms with Crippen molar-refractivity contribution in [2.75, 3.05) is 12.4 Å². The van der Waals surface area contributed by atoms with Crippen LogP contribution in [0.5, 0.6) is 5.75 Å². The molecule has 2 heterocycles. The molecule has 0 bridgehead atoms. The molecule has 1 N–H and O–H groups in total. The van der Waals surface area contributed by atoms with Crippen LogP contribution < -0.4 is 10.1 Å². The molecule has 2 aromatic heterocycles. The first-order valence-corrected chi connectivity index (χ1v) is 9.25. The van der Waals surface area contributed by atoms with Crippen LogP contribution in [0.3, 0.4) is 0 Å². The Balaban J connectivity index is 1.40. The monoisotopic (exact) mass is 388 g/mol. The highest BCUT2D eigenvalue weighted by molar-refractivity contribution is 6.01. The molecule has 7 heteroatoms. The van der Waals surface area contributed by atoms with Crippen LogP contribution in [0, 0.1) is 6.92 Å². The summed E-state index contributed by atoms with van der Waals surface area (Å²) in [5.41, 5.74) is 3.35. The van der Waals surface area contributed by atoms with Gasteiger partial charge in [-0.3, -0.25) is 9.78 Å². The summed E-state index contributed by atoms with van der Waals surface area (Å²) in [6.07, 6.45) is 0.594. The number of hydrogen-bond acceptors (Lipinski definition) is 6. The number of pyridine rings is 1. The van der Waals surface area contributed by atoms with Crippen molar-refractivity contribution in [3.63, 3.8) is 0 Å². The van der Waals surface area contributed by atoms with Crippen LogP contribution in [0.15, 0.2) is 59.1 Å². The van der Waals surface area contributed by atoms with Gasteiger partial charge in [-0.05, 0) is 55.5 Å². The van der Waals surface area contributed by atoms with E-state index in [-0.39, 0.29) is 12.3 Å². The summed E-state index contributed by atoms with van der Waals surface area (Å²) in [6.45, 7) is 1.94. The molecular formula is C22H20N4O3. The Morgan fingerprint density at radius 3 is 2.69 bits per heavy atom. The van der Waals surface area contributed by atoms with E-state index < -0.39 is 0 Å². The Hall–Kier alpha value is -3.74. The van der Waals surface area contributed by atoms with Crippen LogP contribution in [-0.2, 0) is 11.2 Å². The number of benzene rings is 2. The van der Waals surface area contributed by atoms with E-state index in [1.54, 1.807) is 7.11 Å². The molecule has 0 saturated carbocycles. The minimum Gasteiger partial charge on any atom is -0.497 e. The highest BCUT2D eigenvalue weighted by Gasteiger charge is 2.12. The van der Waals surface area contributed by atoms with E-state index in [4.69, 9.17) is 9.26 Å². The van der Waals surface area contributed by atoms with Crippen molar-refractivity contribution in [1.29, 1.82) is 0 Å². The molecule has 0 aliphatic heterocycles. The number of nitrogens with zero attached hydrogens (tertiary/aromatic N) is 3. The van der Waals surface area contributed by atoms with Gasteiger partial charge in [0.15, 0.2) is 0 Å². The van der Waals surface area contributed by atoms with Crippen LogP contribution in [0.2, 0.25) is 0 Å². The Labute approximate surface area is 167 Å². The number of carbonyl (C=O) groups is 1. The van der Waals surface area contributed by atoms with Gasteiger partial charge in [0.25, 0.3) is 0 Å². The number of aryl methyl sites for hydroxylation is 2. The Morgan fingerprint density at radius 1 is 1.07 bits per heavy atom. The summed E-state index contributed by atoms with van der Waals surface area (Å²) >= 11 is 0. The third-order valence-corrected chi connectivity index (χ3v) is 4.53. The standard InChI is InChI=1S/C22H20N4O3/c1-14-6-11-17-18(23-14)4-3-5-19(17)24-20(27)12-13-21-25-22(26-29-21)15-7-9-16(28-2)10-8-15/h3-11H,12-13H2,1-2H3,(H,24,27). The lowest BCUT2D eigenvalue weighted by molar-refractivity contribution is -0.116. The molecule has 0 radical (unpaired) electrons. The second kappa shape index (κ2) is 8.10. The number of hydrogen-bond donors (Lipinski definition) is 1. The number of rotatable bonds is 6. The Morgan fingerprint density at radius 2 is 1.90 bits per heavy atom. The maximum absolute atomic E-state index is 12.4. The van der Waals surface area contributed by atoms with E-state index in [1.807, 2.05) is 61.5 Å². The predicted molar refractivity (Wildman–Crippen MR) is 110 cm³/mol. The van der Waals surface area contributed by atoms with Gasteiger partial charge >= 0.3 is 0 Å². The zero-order valence-corrected chi connectivity index (χ0v) is 16.2. The van der Waals surface area contributed by atoms with E-state index >= 15 is 0 Å². The van der Waals surface area contributed by atoms with Gasteiger partial charge < -0.3 is 14.6 Å². The minimum absolute atomic E-state index is 0.123. The summed E-state index contributed by atoms with van der Waals surface area (Å²) in [6, 6.07) is 16.9. The fourth-order valence-electron chi connectivity index (χ4n) is 3.01. The summed E-state index contributed by atoms with van der Waals surface area (Å²) < 4.78 is 10.4. The fraction of sp³-hybridized carbons (Fsp3) is 0.182. The van der Waals surface area contributed by atoms with E-state index in [9.17, 15) is 4.79 Å². The summed E-state index contributed by atoms with van der Waals surface area (Å²) in [5, 5.41) is 7.84. The summed E-state index contributed by atoms with van der Waals surface area (Å²) in [5.74, 6) is 1.54. The van der Waals surface area contributed by atoms with Crippen molar-refractivity contribution in [2.45, 2.75) is 19.8 Å². The van der Waals surface area contributed by atoms with Gasteiger partial charge in [-0.2, -0.15) is 4.98 Å². The first-order valence-electron chi connectivity index (χ1n) is 9.25. The smallest absolute Gasteiger partial charge is 0.227 e. The van der Waals surface area contributed by atoms with Crippen LogP contribution in [-0.4, -0.2) is 28.1 Å². The van der Waals surface area contributed by atoms with E-state index in [0.29, 0.717) is 18.1 Å². The molecule has 7 nitrogen and oxygen atoms in total. The lowest BCUT2D eigenvalue weighted by atomic mass is 10.1. The average Bonchev–Trinajstić information content (AvgIpc) is 3.21. The molecule has 2 aromatic carbocycles. The van der Waals surface area contributed by atoms with Crippen molar-refractivity contribution in [3.05, 3.63) is 66.2 Å². The first kappa shape index (κ1) is 18.6. The number of aromatic nitrogens is 3. The maximum atomic E-state index is 12.4. The molecule has 4 aromatic rings. The Kier molecular flexibility index (Phi) is 5.20. The second-order valence-electron chi connectivity index (χ2n) is 6.61. The summed E-state index contributed by atoms with van der Waals surface area (Å²) in [4.78, 5) is 21.3. The second-order valence-corrected chi connectivity index (χ2v) is 6.61. The van der Waals surface area contributed by atoms with Crippen molar-refractivity contribution >= 4 is 22.5 Å². The molecule has 146 valence electrons. The first-order chi connectivity index (χ1) is 14.1. The van der Waals surface area contributed by atoms with Crippen molar-refractivity contribution in [3.8, 4) is 17.1 Å². The number of anilines is 1. The molecule has 0 spiro atoms. The number of ether oxygens (including phenoxy) is 1. The molecular weight excluding hydrogens is 368 g/mol. The average molecular weight is 388 g/mol. The number of nitrogens with one attached hydrogen (secondary N) is 1. The van der Waals surface area contributed by atoms with Gasteiger partial charge in [0, 0.05) is 29.5 Å². The van der Waals surface area contributed by atoms with E-state index in [1.165, 1.54) is 0 Å². The normalized spacial score (nSPS) is 10.8. The van der Waals surface area contributed by atoms with Crippen molar-refractivity contribution in [1.82, 2.24) is 15.1 Å². The zero-order valence-electron chi connectivity index (χ0n) is 16.2. The topological polar surface area (TPSA) is 90.1 Å². The van der Waals surface area contributed by atoms with Gasteiger partial charge in [0.05, 0.1) is 18.3 Å². The van der Waals surface area contributed by atoms with Crippen LogP contribution in [0.4, 0.5) is 5.69 Å². The van der Waals surface area contributed by atoms with Crippen LogP contribution in [0.25, 0.3) is 22.3 Å². The number of carbonyl (C=O) groups excluding carboxylic acids is 1. The van der Waals surface area contributed by atoms with E-state index in [2.05, 4.69) is 20.4 Å². The molecule has 0 aliphatic rings. The van der Waals surface area contributed by atoms with Gasteiger partial charge in [0.2, 0.25) is 17.6 Å². The Bertz CT molecular complexity index is 1150. The van der Waals surface area contributed by atoms with Gasteiger partial charge in [-0.15, -0.1) is 0 Å². The largest absolute Gasteiger partial charge is 0.497 e. The molecule has 0 unspecified atom stereocenters. The molecule has 4 rings (SSSR count). The van der Waals surface area contributed by atoms with Gasteiger partial charge in [-0.1, -0.05) is 11.2 Å². The SMILES string of the molecule is COc1ccc(-c2noc(CCC(=O)Nc3cccc4nc(C)ccc34)n2)cc1. The van der Waals surface area contributed by atoms with Crippen LogP contribution in [0.1, 0.15) is 18.0 Å². The van der Waals surface area contributed by atoms with E-state index in [0.717, 1.165) is 33.6 Å². The number of amides is 1. The molecule has 0 saturated heterocycles. The lowest BCUT2D eigenvalue weighted by Crippen LogP contribution is -2.12. The predicted octanol–water partition coefficient (Wildman–Crippen LogP) is 4.17. The molecule has 29 heavy (non-hydrogen) atoms. The third-order valence-electron chi connectivity index (χ3n) is 4.53. The molecule has 0 atom stereocenters. The van der Waals surface area contributed by atoms with Gasteiger partial charge in [0.1, 0.15) is 5.75 Å². The number of methoxy groups -OCH3 is 1. The summed E-state index contributed by atoms with van der Waals surface area (Å²) in [7, 11) is 1.61. The van der Waals surface area contributed by atoms with Crippen LogP contribution >= 0.6 is 0 Å². The zero-order chi connectivity index (χ0) is 20.2.